The molecule has 4 heterocycles. The zero-order valence-corrected chi connectivity index (χ0v) is 26.3. The van der Waals surface area contributed by atoms with Gasteiger partial charge in [-0.25, -0.2) is 9.37 Å². The fourth-order valence-electron chi connectivity index (χ4n) is 5.91. The van der Waals surface area contributed by atoms with Crippen molar-refractivity contribution in [2.75, 3.05) is 43.4 Å². The van der Waals surface area contributed by atoms with Gasteiger partial charge >= 0.3 is 0 Å². The molecule has 1 saturated heterocycles. The molecule has 5 aromatic rings. The monoisotopic (exact) mass is 624 g/mol. The Morgan fingerprint density at radius 2 is 1.74 bits per heavy atom. The van der Waals surface area contributed by atoms with Gasteiger partial charge in [0.2, 0.25) is 0 Å². The van der Waals surface area contributed by atoms with E-state index < -0.39 is 23.6 Å². The summed E-state index contributed by atoms with van der Waals surface area (Å²) in [6.07, 6.45) is 4.99. The van der Waals surface area contributed by atoms with E-state index in [-0.39, 0.29) is 10.9 Å². The Kier molecular flexibility index (Phi) is 8.24. The summed E-state index contributed by atoms with van der Waals surface area (Å²) in [6.45, 7) is 6.49. The Balaban J connectivity index is 1.36. The number of nitrogens with zero attached hydrogens (tertiary/aromatic N) is 5. The molecule has 0 saturated carbocycles. The number of fused-ring (bicyclic) bond motifs is 1. The van der Waals surface area contributed by atoms with E-state index in [9.17, 15) is 19.8 Å². The van der Waals surface area contributed by atoms with Gasteiger partial charge < -0.3 is 29.9 Å². The van der Waals surface area contributed by atoms with Gasteiger partial charge in [-0.3, -0.25) is 14.2 Å². The molecule has 1 aliphatic heterocycles. The van der Waals surface area contributed by atoms with Crippen molar-refractivity contribution in [1.29, 1.82) is 0 Å². The Hall–Kier alpha value is -4.84. The van der Waals surface area contributed by atoms with Crippen LogP contribution in [0.4, 0.5) is 21.6 Å². The zero-order chi connectivity index (χ0) is 32.7. The minimum Gasteiger partial charge on any atom is -0.392 e. The second-order valence-corrected chi connectivity index (χ2v) is 12.3. The van der Waals surface area contributed by atoms with Crippen molar-refractivity contribution in [1.82, 2.24) is 19.0 Å². The molecule has 0 aliphatic carbocycles. The van der Waals surface area contributed by atoms with E-state index in [1.807, 2.05) is 12.1 Å². The number of nitrogens with one attached hydrogen (secondary N) is 1. The number of benzene rings is 2. The molecule has 0 atom stereocenters. The molecule has 238 valence electrons. The molecule has 2 aromatic carbocycles. The van der Waals surface area contributed by atoms with Crippen LogP contribution in [0, 0.1) is 5.82 Å². The summed E-state index contributed by atoms with van der Waals surface area (Å²) in [5.41, 5.74) is 1.55. The summed E-state index contributed by atoms with van der Waals surface area (Å²) >= 11 is 0. The first-order valence-electron chi connectivity index (χ1n) is 15.1. The lowest BCUT2D eigenvalue weighted by Gasteiger charge is -2.33. The van der Waals surface area contributed by atoms with Crippen molar-refractivity contribution in [3.63, 3.8) is 0 Å². The third-order valence-electron chi connectivity index (χ3n) is 8.61. The van der Waals surface area contributed by atoms with Crippen molar-refractivity contribution in [3.8, 4) is 16.8 Å². The van der Waals surface area contributed by atoms with Gasteiger partial charge in [-0.2, -0.15) is 0 Å². The molecule has 46 heavy (non-hydrogen) atoms. The van der Waals surface area contributed by atoms with E-state index in [0.717, 1.165) is 31.9 Å². The van der Waals surface area contributed by atoms with Crippen LogP contribution >= 0.6 is 0 Å². The average Bonchev–Trinajstić information content (AvgIpc) is 3.03. The maximum Gasteiger partial charge on any atom is 0.274 e. The number of piperazine rings is 1. The predicted molar refractivity (Wildman–Crippen MR) is 179 cm³/mol. The molecule has 6 rings (SSSR count). The molecule has 0 unspecified atom stereocenters. The Labute approximate surface area is 265 Å². The molecule has 0 radical (unpaired) electrons. The van der Waals surface area contributed by atoms with Gasteiger partial charge in [-0.1, -0.05) is 12.1 Å². The van der Waals surface area contributed by atoms with Crippen LogP contribution in [0.15, 0.2) is 82.8 Å². The number of aromatic nitrogens is 3. The number of likely N-dealkylation sites (N-methyl/N-ethyl adjacent to an activating group) is 1. The normalized spacial score (nSPS) is 14.2. The van der Waals surface area contributed by atoms with E-state index in [4.69, 9.17) is 0 Å². The zero-order valence-electron chi connectivity index (χ0n) is 26.3. The van der Waals surface area contributed by atoms with Crippen molar-refractivity contribution in [2.24, 2.45) is 7.05 Å². The number of halogens is 1. The topological polar surface area (TPSA) is 116 Å². The van der Waals surface area contributed by atoms with Gasteiger partial charge in [0.15, 0.2) is 0 Å². The highest BCUT2D eigenvalue weighted by Crippen LogP contribution is 2.31. The van der Waals surface area contributed by atoms with Crippen LogP contribution in [0.2, 0.25) is 0 Å². The first-order valence-corrected chi connectivity index (χ1v) is 15.1. The molecule has 3 aromatic heterocycles. The Morgan fingerprint density at radius 1 is 0.978 bits per heavy atom. The largest absolute Gasteiger partial charge is 0.392 e. The van der Waals surface area contributed by atoms with Gasteiger partial charge in [0.05, 0.1) is 35.2 Å². The van der Waals surface area contributed by atoms with E-state index in [1.54, 1.807) is 69.7 Å². The SMILES string of the molecule is CN1CCN(c2ccc(Nc3cc(-c4cccc(-n5ccc6cc(C(C)(C)O)cc(F)c6c5=O)c4CO)cn(C)c3=O)nc2)CC1. The van der Waals surface area contributed by atoms with Gasteiger partial charge in [0.1, 0.15) is 17.3 Å². The molecular weight excluding hydrogens is 587 g/mol. The number of pyridine rings is 3. The van der Waals surface area contributed by atoms with Crippen LogP contribution in [0.25, 0.3) is 27.6 Å². The smallest absolute Gasteiger partial charge is 0.274 e. The third kappa shape index (κ3) is 5.92. The predicted octanol–water partition coefficient (Wildman–Crippen LogP) is 4.11. The van der Waals surface area contributed by atoms with Gasteiger partial charge in [0.25, 0.3) is 11.1 Å². The lowest BCUT2D eigenvalue weighted by Crippen LogP contribution is -2.44. The maximum absolute atomic E-state index is 15.3. The van der Waals surface area contributed by atoms with Crippen molar-refractivity contribution < 1.29 is 14.6 Å². The summed E-state index contributed by atoms with van der Waals surface area (Å²) < 4.78 is 18.0. The van der Waals surface area contributed by atoms with Gasteiger partial charge in [0, 0.05) is 56.7 Å². The number of aliphatic hydroxyl groups excluding tert-OH is 1. The second-order valence-electron chi connectivity index (χ2n) is 12.3. The molecule has 0 amide bonds. The molecule has 0 bridgehead atoms. The third-order valence-corrected chi connectivity index (χ3v) is 8.61. The van der Waals surface area contributed by atoms with Crippen LogP contribution in [0.3, 0.4) is 0 Å². The minimum atomic E-state index is -1.28. The maximum atomic E-state index is 15.3. The first-order chi connectivity index (χ1) is 21.9. The number of hydrogen-bond acceptors (Lipinski definition) is 8. The Morgan fingerprint density at radius 3 is 2.41 bits per heavy atom. The first kappa shape index (κ1) is 31.2. The highest BCUT2D eigenvalue weighted by atomic mass is 19.1. The fourth-order valence-corrected chi connectivity index (χ4v) is 5.91. The van der Waals surface area contributed by atoms with Crippen LogP contribution in [0.5, 0.6) is 0 Å². The number of aliphatic hydroxyl groups is 2. The summed E-state index contributed by atoms with van der Waals surface area (Å²) in [4.78, 5) is 35.9. The molecule has 11 heteroatoms. The van der Waals surface area contributed by atoms with Crippen LogP contribution in [-0.2, 0) is 19.3 Å². The van der Waals surface area contributed by atoms with Crippen LogP contribution in [-0.4, -0.2) is 62.5 Å². The Bertz CT molecular complexity index is 2040. The summed E-state index contributed by atoms with van der Waals surface area (Å²) in [5, 5.41) is 24.3. The van der Waals surface area contributed by atoms with Crippen molar-refractivity contribution in [2.45, 2.75) is 26.1 Å². The summed E-state index contributed by atoms with van der Waals surface area (Å²) in [6, 6.07) is 15.1. The molecule has 10 nitrogen and oxygen atoms in total. The molecule has 0 spiro atoms. The van der Waals surface area contributed by atoms with E-state index in [2.05, 4.69) is 27.1 Å². The average molecular weight is 625 g/mol. The summed E-state index contributed by atoms with van der Waals surface area (Å²) in [7, 11) is 3.75. The van der Waals surface area contributed by atoms with Gasteiger partial charge in [-0.05, 0) is 79.9 Å². The molecule has 3 N–H and O–H groups in total. The molecule has 1 aliphatic rings. The quantitative estimate of drug-likeness (QED) is 0.248. The standard InChI is InChI=1S/C35H37FN6O4/c1-35(2,46)24-16-22-10-11-42(34(45)32(22)28(36)18-24)30-7-5-6-26(27(30)21-43)23-17-29(33(44)40(4)20-23)38-31-9-8-25(19-37-31)41-14-12-39(3)13-15-41/h5-11,16-20,43,46H,12-15,21H2,1-4H3,(H,37,38). The fraction of sp³-hybridized carbons (Fsp3) is 0.286. The van der Waals surface area contributed by atoms with E-state index >= 15 is 4.39 Å². The van der Waals surface area contributed by atoms with Crippen molar-refractivity contribution in [3.05, 3.63) is 111 Å². The molecule has 1 fully saturated rings. The highest BCUT2D eigenvalue weighted by Gasteiger charge is 2.21. The number of aryl methyl sites for hydroxylation is 1. The van der Waals surface area contributed by atoms with E-state index in [0.29, 0.717) is 44.8 Å². The number of rotatable bonds is 7. The lowest BCUT2D eigenvalue weighted by atomic mass is 9.95. The van der Waals surface area contributed by atoms with Crippen LogP contribution in [0.1, 0.15) is 25.0 Å². The molecular formula is C35H37FN6O4. The number of hydrogen-bond donors (Lipinski definition) is 3. The lowest BCUT2D eigenvalue weighted by molar-refractivity contribution is 0.0784. The second kappa shape index (κ2) is 12.2. The highest BCUT2D eigenvalue weighted by molar-refractivity contribution is 5.84. The minimum absolute atomic E-state index is 0.121. The van der Waals surface area contributed by atoms with Crippen LogP contribution < -0.4 is 21.3 Å². The number of anilines is 3. The summed E-state index contributed by atoms with van der Waals surface area (Å²) in [5.74, 6) is -0.227. The van der Waals surface area contributed by atoms with Gasteiger partial charge in [-0.15, -0.1) is 0 Å². The van der Waals surface area contributed by atoms with E-state index in [1.165, 1.54) is 21.4 Å². The van der Waals surface area contributed by atoms with Crippen molar-refractivity contribution >= 4 is 28.0 Å².